The standard InChI is InChI=1S/C21H24N8/c1-14-10-20(27-26-14)24-19-11-18-17(4-3-7-23-18)21(25-19)28-12-15-5-6-16(13-28)29(15)9-8-22-2/h3-4,7,10-11,15-16H,5-6,8-9,12-13H2,1H3,(H2,24,25,26,27)/t15-,16+. The lowest BCUT2D eigenvalue weighted by molar-refractivity contribution is 0.177. The zero-order chi connectivity index (χ0) is 19.8. The van der Waals surface area contributed by atoms with Crippen LogP contribution in [0.15, 0.2) is 30.5 Å². The van der Waals surface area contributed by atoms with Crippen LogP contribution < -0.4 is 10.2 Å². The fraction of sp³-hybridized carbons (Fsp3) is 0.429. The quantitative estimate of drug-likeness (QED) is 0.655. The zero-order valence-electron chi connectivity index (χ0n) is 16.5. The third-order valence-electron chi connectivity index (χ3n) is 5.94. The van der Waals surface area contributed by atoms with Gasteiger partial charge >= 0.3 is 0 Å². The predicted molar refractivity (Wildman–Crippen MR) is 113 cm³/mol. The average molecular weight is 388 g/mol. The number of nitrogens with one attached hydrogen (secondary N) is 2. The number of piperazine rings is 1. The first-order chi connectivity index (χ1) is 14.2. The van der Waals surface area contributed by atoms with Gasteiger partial charge in [-0.15, -0.1) is 0 Å². The van der Waals surface area contributed by atoms with Crippen molar-refractivity contribution in [1.29, 1.82) is 0 Å². The topological polar surface area (TPSA) is 77.3 Å². The van der Waals surface area contributed by atoms with Crippen LogP contribution in [0.25, 0.3) is 15.7 Å². The van der Waals surface area contributed by atoms with E-state index in [1.165, 1.54) is 12.8 Å². The van der Waals surface area contributed by atoms with E-state index in [4.69, 9.17) is 11.6 Å². The molecule has 2 aliphatic rings. The summed E-state index contributed by atoms with van der Waals surface area (Å²) in [7, 11) is 0. The fourth-order valence-corrected chi connectivity index (χ4v) is 4.67. The molecule has 0 spiro atoms. The van der Waals surface area contributed by atoms with Gasteiger partial charge in [0.2, 0.25) is 6.54 Å². The summed E-state index contributed by atoms with van der Waals surface area (Å²) in [5.74, 6) is 2.48. The van der Waals surface area contributed by atoms with Gasteiger partial charge in [-0.25, -0.2) is 11.6 Å². The van der Waals surface area contributed by atoms with Crippen molar-refractivity contribution in [2.24, 2.45) is 0 Å². The summed E-state index contributed by atoms with van der Waals surface area (Å²) < 4.78 is 0. The SMILES string of the molecule is [C-]#[N+]CCN1[C@@H]2CC[C@H]1CN(c1nc(Nc3cc(C)[nH]n3)cc3ncccc13)C2. The van der Waals surface area contributed by atoms with Gasteiger partial charge in [0.15, 0.2) is 5.82 Å². The summed E-state index contributed by atoms with van der Waals surface area (Å²) in [4.78, 5) is 18.0. The first-order valence-corrected chi connectivity index (χ1v) is 10.1. The molecule has 5 heterocycles. The molecule has 2 bridgehead atoms. The molecule has 0 unspecified atom stereocenters. The van der Waals surface area contributed by atoms with Gasteiger partial charge in [0.25, 0.3) is 0 Å². The number of rotatable bonds is 5. The zero-order valence-corrected chi connectivity index (χ0v) is 16.5. The molecule has 148 valence electrons. The van der Waals surface area contributed by atoms with Crippen molar-refractivity contribution in [3.8, 4) is 0 Å². The number of nitrogens with zero attached hydrogens (tertiary/aromatic N) is 6. The van der Waals surface area contributed by atoms with E-state index in [1.807, 2.05) is 31.3 Å². The number of anilines is 3. The summed E-state index contributed by atoms with van der Waals surface area (Å²) in [6.07, 6.45) is 4.21. The predicted octanol–water partition coefficient (Wildman–Crippen LogP) is 2.98. The van der Waals surface area contributed by atoms with Crippen LogP contribution in [0.5, 0.6) is 0 Å². The molecular weight excluding hydrogens is 364 g/mol. The van der Waals surface area contributed by atoms with Crippen molar-refractivity contribution in [3.63, 3.8) is 0 Å². The Hall–Kier alpha value is -3.18. The van der Waals surface area contributed by atoms with E-state index >= 15 is 0 Å². The molecule has 29 heavy (non-hydrogen) atoms. The highest BCUT2D eigenvalue weighted by Gasteiger charge is 2.40. The van der Waals surface area contributed by atoms with Crippen molar-refractivity contribution < 1.29 is 0 Å². The van der Waals surface area contributed by atoms with Crippen molar-refractivity contribution in [3.05, 3.63) is 47.6 Å². The number of aromatic amines is 1. The van der Waals surface area contributed by atoms with Gasteiger partial charge in [0.1, 0.15) is 11.6 Å². The number of pyridine rings is 2. The molecule has 0 amide bonds. The van der Waals surface area contributed by atoms with Crippen LogP contribution in [0.1, 0.15) is 18.5 Å². The van der Waals surface area contributed by atoms with Crippen LogP contribution in [-0.4, -0.2) is 63.3 Å². The van der Waals surface area contributed by atoms with Crippen molar-refractivity contribution in [2.75, 3.05) is 36.4 Å². The molecule has 0 aliphatic carbocycles. The maximum Gasteiger partial charge on any atom is 0.227 e. The van der Waals surface area contributed by atoms with Crippen LogP contribution in [0.3, 0.4) is 0 Å². The Balaban J connectivity index is 1.47. The Morgan fingerprint density at radius 3 is 2.79 bits per heavy atom. The summed E-state index contributed by atoms with van der Waals surface area (Å²) >= 11 is 0. The first kappa shape index (κ1) is 17.9. The second-order valence-corrected chi connectivity index (χ2v) is 7.87. The highest BCUT2D eigenvalue weighted by molar-refractivity contribution is 5.92. The summed E-state index contributed by atoms with van der Waals surface area (Å²) in [6.45, 7) is 12.4. The summed E-state index contributed by atoms with van der Waals surface area (Å²) in [5, 5.41) is 11.6. The van der Waals surface area contributed by atoms with Crippen molar-refractivity contribution in [1.82, 2.24) is 25.1 Å². The summed E-state index contributed by atoms with van der Waals surface area (Å²) in [6, 6.07) is 8.99. The smallest absolute Gasteiger partial charge is 0.227 e. The normalized spacial score (nSPS) is 21.4. The molecule has 3 aromatic rings. The highest BCUT2D eigenvalue weighted by atomic mass is 15.3. The lowest BCUT2D eigenvalue weighted by atomic mass is 10.1. The van der Waals surface area contributed by atoms with Crippen LogP contribution in [-0.2, 0) is 0 Å². The Morgan fingerprint density at radius 1 is 1.24 bits per heavy atom. The number of H-pyrrole nitrogens is 1. The molecule has 8 nitrogen and oxygen atoms in total. The minimum absolute atomic E-state index is 0.495. The third kappa shape index (κ3) is 3.38. The molecule has 2 atom stereocenters. The number of hydrogen-bond acceptors (Lipinski definition) is 6. The van der Waals surface area contributed by atoms with E-state index in [0.717, 1.165) is 53.7 Å². The van der Waals surface area contributed by atoms with Crippen LogP contribution in [0.4, 0.5) is 17.5 Å². The van der Waals surface area contributed by atoms with Gasteiger partial charge in [0, 0.05) is 54.6 Å². The molecular formula is C21H24N8. The van der Waals surface area contributed by atoms with Crippen molar-refractivity contribution in [2.45, 2.75) is 31.8 Å². The molecule has 5 rings (SSSR count). The van der Waals surface area contributed by atoms with Crippen LogP contribution in [0.2, 0.25) is 0 Å². The van der Waals surface area contributed by atoms with Gasteiger partial charge in [-0.3, -0.25) is 15.0 Å². The largest absolute Gasteiger partial charge is 0.353 e. The monoisotopic (exact) mass is 388 g/mol. The average Bonchev–Trinajstić information content (AvgIpc) is 3.23. The number of hydrogen-bond donors (Lipinski definition) is 2. The second kappa shape index (κ2) is 7.33. The Kier molecular flexibility index (Phi) is 4.52. The van der Waals surface area contributed by atoms with Crippen molar-refractivity contribution >= 4 is 28.4 Å². The van der Waals surface area contributed by atoms with Gasteiger partial charge in [0.05, 0.1) is 12.1 Å². The summed E-state index contributed by atoms with van der Waals surface area (Å²) in [5.41, 5.74) is 1.92. The molecule has 8 heteroatoms. The minimum Gasteiger partial charge on any atom is -0.353 e. The molecule has 3 aromatic heterocycles. The van der Waals surface area contributed by atoms with Gasteiger partial charge in [-0.05, 0) is 31.9 Å². The van der Waals surface area contributed by atoms with E-state index in [1.54, 1.807) is 0 Å². The maximum atomic E-state index is 7.11. The van der Waals surface area contributed by atoms with Gasteiger partial charge < -0.3 is 15.1 Å². The Bertz CT molecular complexity index is 1050. The van der Waals surface area contributed by atoms with Crippen LogP contribution >= 0.6 is 0 Å². The van der Waals surface area contributed by atoms with E-state index in [9.17, 15) is 0 Å². The maximum absolute atomic E-state index is 7.11. The Labute approximate surface area is 169 Å². The number of aryl methyl sites for hydroxylation is 1. The van der Waals surface area contributed by atoms with E-state index in [-0.39, 0.29) is 0 Å². The van der Waals surface area contributed by atoms with E-state index < -0.39 is 0 Å². The highest BCUT2D eigenvalue weighted by Crippen LogP contribution is 2.35. The third-order valence-corrected chi connectivity index (χ3v) is 5.94. The van der Waals surface area contributed by atoms with Gasteiger partial charge in [-0.2, -0.15) is 5.10 Å². The van der Waals surface area contributed by atoms with Crippen LogP contribution in [0, 0.1) is 13.5 Å². The molecule has 2 aliphatic heterocycles. The van der Waals surface area contributed by atoms with Gasteiger partial charge in [-0.1, -0.05) is 0 Å². The van der Waals surface area contributed by atoms with E-state index in [0.29, 0.717) is 18.6 Å². The molecule has 2 saturated heterocycles. The first-order valence-electron chi connectivity index (χ1n) is 10.1. The molecule has 0 aromatic carbocycles. The molecule has 2 fully saturated rings. The Morgan fingerprint density at radius 2 is 2.07 bits per heavy atom. The molecule has 2 N–H and O–H groups in total. The molecule has 0 saturated carbocycles. The van der Waals surface area contributed by atoms with E-state index in [2.05, 4.69) is 41.2 Å². The minimum atomic E-state index is 0.495. The lowest BCUT2D eigenvalue weighted by Gasteiger charge is -2.41. The fourth-order valence-electron chi connectivity index (χ4n) is 4.67. The molecule has 0 radical (unpaired) electrons. The lowest BCUT2D eigenvalue weighted by Crippen LogP contribution is -2.54. The number of fused-ring (bicyclic) bond motifs is 3. The second-order valence-electron chi connectivity index (χ2n) is 7.87. The number of aromatic nitrogens is 4.